The number of hydrogen-bond acceptors (Lipinski definition) is 4. The van der Waals surface area contributed by atoms with Gasteiger partial charge in [-0.3, -0.25) is 19.1 Å². The summed E-state index contributed by atoms with van der Waals surface area (Å²) in [7, 11) is 0. The lowest BCUT2D eigenvalue weighted by atomic mass is 10.1. The van der Waals surface area contributed by atoms with Crippen molar-refractivity contribution < 1.29 is 14.4 Å². The van der Waals surface area contributed by atoms with E-state index in [0.717, 1.165) is 18.4 Å². The van der Waals surface area contributed by atoms with Gasteiger partial charge in [0.2, 0.25) is 5.91 Å². The minimum absolute atomic E-state index is 0.0607. The number of nitrogens with one attached hydrogen (secondary N) is 1. The first-order valence-corrected chi connectivity index (χ1v) is 12.3. The third-order valence-electron chi connectivity index (χ3n) is 6.12. The van der Waals surface area contributed by atoms with E-state index in [0.29, 0.717) is 50.9 Å². The largest absolute Gasteiger partial charge is 0.356 e. The van der Waals surface area contributed by atoms with Crippen molar-refractivity contribution in [1.29, 1.82) is 0 Å². The van der Waals surface area contributed by atoms with Crippen LogP contribution in [0.5, 0.6) is 0 Å². The summed E-state index contributed by atoms with van der Waals surface area (Å²) in [6.45, 7) is 11.3. The van der Waals surface area contributed by atoms with Crippen LogP contribution in [0.4, 0.5) is 0 Å². The zero-order valence-electron chi connectivity index (χ0n) is 20.8. The van der Waals surface area contributed by atoms with Crippen molar-refractivity contribution >= 4 is 17.7 Å². The fourth-order valence-corrected chi connectivity index (χ4v) is 3.99. The second-order valence-corrected chi connectivity index (χ2v) is 9.37. The molecule has 1 aliphatic rings. The van der Waals surface area contributed by atoms with E-state index in [2.05, 4.69) is 24.3 Å². The molecule has 0 saturated heterocycles. The Labute approximate surface area is 202 Å². The highest BCUT2D eigenvalue weighted by molar-refractivity contribution is 5.98. The number of fused-ring (bicyclic) bond motifs is 1. The first kappa shape index (κ1) is 25.5. The van der Waals surface area contributed by atoms with Gasteiger partial charge in [-0.05, 0) is 38.2 Å². The van der Waals surface area contributed by atoms with Crippen molar-refractivity contribution in [3.8, 4) is 0 Å². The molecule has 3 amide bonds. The van der Waals surface area contributed by atoms with E-state index in [9.17, 15) is 14.4 Å². The van der Waals surface area contributed by atoms with Gasteiger partial charge in [0.15, 0.2) is 5.69 Å². The number of rotatable bonds is 10. The topological polar surface area (TPSA) is 87.5 Å². The molecule has 2 heterocycles. The third kappa shape index (κ3) is 6.68. The maximum absolute atomic E-state index is 13.2. The molecule has 0 bridgehead atoms. The van der Waals surface area contributed by atoms with Gasteiger partial charge in [-0.25, -0.2) is 0 Å². The Morgan fingerprint density at radius 1 is 1.18 bits per heavy atom. The molecule has 184 valence electrons. The van der Waals surface area contributed by atoms with E-state index < -0.39 is 0 Å². The third-order valence-corrected chi connectivity index (χ3v) is 6.12. The molecule has 0 fully saturated rings. The van der Waals surface area contributed by atoms with Crippen LogP contribution < -0.4 is 5.32 Å². The zero-order chi connectivity index (χ0) is 24.7. The molecule has 3 rings (SSSR count). The average Bonchev–Trinajstić information content (AvgIpc) is 3.17. The molecule has 1 aromatic carbocycles. The van der Waals surface area contributed by atoms with E-state index in [1.165, 1.54) is 5.56 Å². The van der Waals surface area contributed by atoms with Crippen molar-refractivity contribution in [3.05, 3.63) is 52.8 Å². The van der Waals surface area contributed by atoms with Crippen LogP contribution in [-0.4, -0.2) is 63.5 Å². The lowest BCUT2D eigenvalue weighted by Crippen LogP contribution is -2.35. The molecular formula is C26H37N5O3. The molecule has 0 spiro atoms. The summed E-state index contributed by atoms with van der Waals surface area (Å²) < 4.78 is 1.65. The van der Waals surface area contributed by atoms with E-state index in [1.54, 1.807) is 15.6 Å². The fourth-order valence-electron chi connectivity index (χ4n) is 3.99. The molecular weight excluding hydrogens is 430 g/mol. The Kier molecular flexibility index (Phi) is 8.85. The van der Waals surface area contributed by atoms with E-state index in [-0.39, 0.29) is 29.8 Å². The van der Waals surface area contributed by atoms with Crippen molar-refractivity contribution in [1.82, 2.24) is 24.9 Å². The highest BCUT2D eigenvalue weighted by Gasteiger charge is 2.27. The minimum Gasteiger partial charge on any atom is -0.356 e. The van der Waals surface area contributed by atoms with Crippen molar-refractivity contribution in [3.63, 3.8) is 0 Å². The van der Waals surface area contributed by atoms with Crippen molar-refractivity contribution in [2.75, 3.05) is 26.2 Å². The number of benzene rings is 1. The number of amides is 3. The Balaban J connectivity index is 1.64. The summed E-state index contributed by atoms with van der Waals surface area (Å²) in [6, 6.07) is 9.77. The van der Waals surface area contributed by atoms with Gasteiger partial charge in [0.25, 0.3) is 11.8 Å². The molecule has 0 saturated carbocycles. The van der Waals surface area contributed by atoms with Gasteiger partial charge in [-0.2, -0.15) is 5.10 Å². The first-order valence-electron chi connectivity index (χ1n) is 12.3. The predicted octanol–water partition coefficient (Wildman–Crippen LogP) is 3.25. The summed E-state index contributed by atoms with van der Waals surface area (Å²) in [5.41, 5.74) is 2.95. The Bertz CT molecular complexity index is 996. The summed E-state index contributed by atoms with van der Waals surface area (Å²) in [6.07, 6.45) is 1.94. The molecule has 0 unspecified atom stereocenters. The Hall–Kier alpha value is -3.16. The van der Waals surface area contributed by atoms with Crippen LogP contribution in [0.2, 0.25) is 0 Å². The lowest BCUT2D eigenvalue weighted by molar-refractivity contribution is -0.121. The molecule has 34 heavy (non-hydrogen) atoms. The number of nitrogens with zero attached hydrogens (tertiary/aromatic N) is 4. The Morgan fingerprint density at radius 2 is 1.91 bits per heavy atom. The average molecular weight is 468 g/mol. The van der Waals surface area contributed by atoms with Gasteiger partial charge in [-0.15, -0.1) is 0 Å². The fraction of sp³-hybridized carbons (Fsp3) is 0.538. The number of carbonyl (C=O) groups excluding carboxylic acids is 3. The standard InChI is InChI=1S/C26H37N5O3/c1-5-29(16-12-24(32)27-13-11-19(2)3)25(33)22-17-23-26(34)30(14-6-15-31(23)28-22)18-21-9-7-20(4)8-10-21/h7-10,17,19H,5-6,11-16,18H2,1-4H3,(H,27,32). The number of aryl methyl sites for hydroxylation is 2. The summed E-state index contributed by atoms with van der Waals surface area (Å²) >= 11 is 0. The molecule has 8 nitrogen and oxygen atoms in total. The molecule has 1 N–H and O–H groups in total. The summed E-state index contributed by atoms with van der Waals surface area (Å²) in [4.78, 5) is 41.9. The zero-order valence-corrected chi connectivity index (χ0v) is 20.8. The first-order chi connectivity index (χ1) is 16.3. The molecule has 1 aliphatic heterocycles. The molecule has 2 aromatic rings. The van der Waals surface area contributed by atoms with Crippen molar-refractivity contribution in [2.24, 2.45) is 5.92 Å². The van der Waals surface area contributed by atoms with Gasteiger partial charge >= 0.3 is 0 Å². The summed E-state index contributed by atoms with van der Waals surface area (Å²) in [5, 5.41) is 7.36. The SMILES string of the molecule is CCN(CCC(=O)NCCC(C)C)C(=O)c1cc2n(n1)CCCN(Cc1ccc(C)cc1)C2=O. The second kappa shape index (κ2) is 11.8. The highest BCUT2D eigenvalue weighted by Crippen LogP contribution is 2.18. The maximum atomic E-state index is 13.2. The van der Waals surface area contributed by atoms with Crippen LogP contribution in [0.25, 0.3) is 0 Å². The summed E-state index contributed by atoms with van der Waals surface area (Å²) in [5.74, 6) is 0.100. The van der Waals surface area contributed by atoms with E-state index in [4.69, 9.17) is 0 Å². The van der Waals surface area contributed by atoms with Gasteiger partial charge in [0.05, 0.1) is 0 Å². The van der Waals surface area contributed by atoms with Crippen LogP contribution in [0.3, 0.4) is 0 Å². The number of carbonyl (C=O) groups is 3. The van der Waals surface area contributed by atoms with Crippen LogP contribution in [0.15, 0.2) is 30.3 Å². The highest BCUT2D eigenvalue weighted by atomic mass is 16.2. The van der Waals surface area contributed by atoms with Gasteiger partial charge < -0.3 is 15.1 Å². The van der Waals surface area contributed by atoms with Crippen molar-refractivity contribution in [2.45, 2.75) is 60.0 Å². The van der Waals surface area contributed by atoms with Crippen LogP contribution >= 0.6 is 0 Å². The van der Waals surface area contributed by atoms with Gasteiger partial charge in [0, 0.05) is 51.8 Å². The predicted molar refractivity (Wildman–Crippen MR) is 131 cm³/mol. The molecule has 0 atom stereocenters. The molecule has 0 radical (unpaired) electrons. The lowest BCUT2D eigenvalue weighted by Gasteiger charge is -2.20. The molecule has 8 heteroatoms. The quantitative estimate of drug-likeness (QED) is 0.581. The van der Waals surface area contributed by atoms with Gasteiger partial charge in [0.1, 0.15) is 5.69 Å². The molecule has 1 aromatic heterocycles. The smallest absolute Gasteiger partial charge is 0.274 e. The van der Waals surface area contributed by atoms with E-state index in [1.807, 2.05) is 43.0 Å². The molecule has 0 aliphatic carbocycles. The monoisotopic (exact) mass is 467 g/mol. The van der Waals surface area contributed by atoms with Crippen LogP contribution in [0.1, 0.15) is 72.1 Å². The maximum Gasteiger partial charge on any atom is 0.274 e. The van der Waals surface area contributed by atoms with E-state index >= 15 is 0 Å². The van der Waals surface area contributed by atoms with Crippen LogP contribution in [0, 0.1) is 12.8 Å². The Morgan fingerprint density at radius 3 is 2.59 bits per heavy atom. The number of hydrogen-bond donors (Lipinski definition) is 1. The van der Waals surface area contributed by atoms with Crippen LogP contribution in [-0.2, 0) is 17.9 Å². The number of aromatic nitrogens is 2. The normalized spacial score (nSPS) is 13.6. The van der Waals surface area contributed by atoms with Gasteiger partial charge in [-0.1, -0.05) is 43.7 Å². The second-order valence-electron chi connectivity index (χ2n) is 9.37. The minimum atomic E-state index is -0.254.